The van der Waals surface area contributed by atoms with Crippen molar-refractivity contribution in [3.63, 3.8) is 0 Å². The molecule has 0 saturated carbocycles. The Balaban J connectivity index is 1.83. The number of halogens is 2. The van der Waals surface area contributed by atoms with E-state index in [9.17, 15) is 14.0 Å². The second-order valence-corrected chi connectivity index (χ2v) is 5.26. The highest BCUT2D eigenvalue weighted by molar-refractivity contribution is 6.30. The molecule has 2 aromatic rings. The fourth-order valence-corrected chi connectivity index (χ4v) is 1.97. The summed E-state index contributed by atoms with van der Waals surface area (Å²) in [6.45, 7) is 1.41. The molecule has 0 radical (unpaired) electrons. The third kappa shape index (κ3) is 5.10. The molecule has 0 aliphatic rings. The number of rotatable bonds is 6. The van der Waals surface area contributed by atoms with Crippen LogP contribution >= 0.6 is 11.6 Å². The maximum Gasteiger partial charge on any atom is 0.307 e. The van der Waals surface area contributed by atoms with Gasteiger partial charge >= 0.3 is 5.97 Å². The lowest BCUT2D eigenvalue weighted by molar-refractivity contribution is -0.153. The van der Waals surface area contributed by atoms with Gasteiger partial charge in [-0.05, 0) is 37.3 Å². The van der Waals surface area contributed by atoms with Crippen molar-refractivity contribution >= 4 is 29.2 Å². The van der Waals surface area contributed by atoms with E-state index in [4.69, 9.17) is 20.8 Å². The number of carbonyl (C=O) groups is 2. The summed E-state index contributed by atoms with van der Waals surface area (Å²) in [4.78, 5) is 23.6. The molecule has 1 amide bonds. The summed E-state index contributed by atoms with van der Waals surface area (Å²) in [7, 11) is 0. The normalized spacial score (nSPS) is 11.8. The van der Waals surface area contributed by atoms with Gasteiger partial charge in [0.1, 0.15) is 11.6 Å². The number of esters is 1. The average Bonchev–Trinajstić information content (AvgIpc) is 3.01. The highest BCUT2D eigenvalue weighted by Gasteiger charge is 2.19. The lowest BCUT2D eigenvalue weighted by atomic mass is 10.2. The maximum absolute atomic E-state index is 13.6. The zero-order valence-corrected chi connectivity index (χ0v) is 13.1. The molecule has 0 spiro atoms. The maximum atomic E-state index is 13.6. The summed E-state index contributed by atoms with van der Waals surface area (Å²) in [5.74, 6) is -1.18. The Labute approximate surface area is 137 Å². The number of anilines is 1. The third-order valence-corrected chi connectivity index (χ3v) is 3.26. The van der Waals surface area contributed by atoms with Gasteiger partial charge < -0.3 is 14.5 Å². The number of hydrogen-bond donors (Lipinski definition) is 1. The smallest absolute Gasteiger partial charge is 0.307 e. The van der Waals surface area contributed by atoms with Crippen LogP contribution in [0.2, 0.25) is 5.02 Å². The SMILES string of the molecule is C[C@@H](OC(=O)CCc1ccco1)C(=O)Nc1ccc(Cl)cc1F. The molecular weight excluding hydrogens is 325 g/mol. The number of ether oxygens (including phenoxy) is 1. The van der Waals surface area contributed by atoms with Crippen LogP contribution in [0.1, 0.15) is 19.1 Å². The first-order valence-corrected chi connectivity index (χ1v) is 7.31. The van der Waals surface area contributed by atoms with Crippen molar-refractivity contribution in [2.75, 3.05) is 5.32 Å². The summed E-state index contributed by atoms with van der Waals surface area (Å²) < 4.78 is 23.7. The molecule has 0 unspecified atom stereocenters. The molecule has 7 heteroatoms. The molecule has 122 valence electrons. The van der Waals surface area contributed by atoms with E-state index in [2.05, 4.69) is 5.32 Å². The molecule has 1 aromatic carbocycles. The molecule has 0 aliphatic carbocycles. The Morgan fingerprint density at radius 3 is 2.83 bits per heavy atom. The summed E-state index contributed by atoms with van der Waals surface area (Å²) in [6, 6.07) is 7.32. The van der Waals surface area contributed by atoms with E-state index < -0.39 is 23.8 Å². The number of benzene rings is 1. The molecule has 0 fully saturated rings. The van der Waals surface area contributed by atoms with Crippen LogP contribution in [0.25, 0.3) is 0 Å². The zero-order chi connectivity index (χ0) is 16.8. The Kier molecular flexibility index (Phi) is 5.76. The van der Waals surface area contributed by atoms with Crippen LogP contribution in [-0.2, 0) is 20.7 Å². The number of amides is 1. The van der Waals surface area contributed by atoms with Gasteiger partial charge in [-0.1, -0.05) is 11.6 Å². The van der Waals surface area contributed by atoms with Gasteiger partial charge in [-0.15, -0.1) is 0 Å². The van der Waals surface area contributed by atoms with Crippen LogP contribution in [0.5, 0.6) is 0 Å². The standard InChI is InChI=1S/C16H15ClFNO4/c1-10(23-15(20)7-5-12-3-2-8-22-12)16(21)19-14-6-4-11(17)9-13(14)18/h2-4,6,8-10H,5,7H2,1H3,(H,19,21)/t10-/m1/s1. The third-order valence-electron chi connectivity index (χ3n) is 3.02. The van der Waals surface area contributed by atoms with Gasteiger partial charge in [0, 0.05) is 11.4 Å². The highest BCUT2D eigenvalue weighted by Crippen LogP contribution is 2.19. The van der Waals surface area contributed by atoms with Crippen molar-refractivity contribution in [2.45, 2.75) is 25.9 Å². The Morgan fingerprint density at radius 1 is 1.39 bits per heavy atom. The molecule has 0 aliphatic heterocycles. The molecule has 1 N–H and O–H groups in total. The summed E-state index contributed by atoms with van der Waals surface area (Å²) in [6.07, 6.45) is 0.929. The average molecular weight is 340 g/mol. The first-order valence-electron chi connectivity index (χ1n) is 6.93. The van der Waals surface area contributed by atoms with Crippen LogP contribution in [0.3, 0.4) is 0 Å². The van der Waals surface area contributed by atoms with Crippen molar-refractivity contribution < 1.29 is 23.1 Å². The van der Waals surface area contributed by atoms with Crippen molar-refractivity contribution in [1.29, 1.82) is 0 Å². The van der Waals surface area contributed by atoms with E-state index in [0.717, 1.165) is 6.07 Å². The predicted molar refractivity (Wildman–Crippen MR) is 82.6 cm³/mol. The van der Waals surface area contributed by atoms with Gasteiger partial charge in [-0.2, -0.15) is 0 Å². The van der Waals surface area contributed by atoms with Gasteiger partial charge in [0.2, 0.25) is 0 Å². The van der Waals surface area contributed by atoms with Crippen LogP contribution in [0.4, 0.5) is 10.1 Å². The quantitative estimate of drug-likeness (QED) is 0.817. The molecule has 0 saturated heterocycles. The number of hydrogen-bond acceptors (Lipinski definition) is 4. The van der Waals surface area contributed by atoms with E-state index in [1.165, 1.54) is 25.3 Å². The van der Waals surface area contributed by atoms with Crippen LogP contribution in [0, 0.1) is 5.82 Å². The number of aryl methyl sites for hydroxylation is 1. The number of carbonyl (C=O) groups excluding carboxylic acids is 2. The molecule has 1 atom stereocenters. The Hall–Kier alpha value is -2.34. The van der Waals surface area contributed by atoms with E-state index in [1.54, 1.807) is 12.1 Å². The lowest BCUT2D eigenvalue weighted by Gasteiger charge is -2.13. The van der Waals surface area contributed by atoms with Gasteiger partial charge in [0.05, 0.1) is 18.4 Å². The second kappa shape index (κ2) is 7.78. The number of furan rings is 1. The molecule has 5 nitrogen and oxygen atoms in total. The molecule has 1 heterocycles. The highest BCUT2D eigenvalue weighted by atomic mass is 35.5. The monoisotopic (exact) mass is 339 g/mol. The molecule has 23 heavy (non-hydrogen) atoms. The topological polar surface area (TPSA) is 68.5 Å². The lowest BCUT2D eigenvalue weighted by Crippen LogP contribution is -2.30. The fraction of sp³-hybridized carbons (Fsp3) is 0.250. The van der Waals surface area contributed by atoms with Crippen LogP contribution in [-0.4, -0.2) is 18.0 Å². The van der Waals surface area contributed by atoms with E-state index in [1.807, 2.05) is 0 Å². The van der Waals surface area contributed by atoms with Gasteiger partial charge in [0.25, 0.3) is 5.91 Å². The van der Waals surface area contributed by atoms with E-state index >= 15 is 0 Å². The minimum absolute atomic E-state index is 0.0297. The zero-order valence-electron chi connectivity index (χ0n) is 12.3. The van der Waals surface area contributed by atoms with Crippen LogP contribution < -0.4 is 5.32 Å². The van der Waals surface area contributed by atoms with E-state index in [-0.39, 0.29) is 17.1 Å². The summed E-state index contributed by atoms with van der Waals surface area (Å²) in [5, 5.41) is 2.56. The Bertz CT molecular complexity index is 687. The molecule has 0 bridgehead atoms. The van der Waals surface area contributed by atoms with Gasteiger partial charge in [0.15, 0.2) is 6.10 Å². The molecular formula is C16H15ClFNO4. The first kappa shape index (κ1) is 17.0. The predicted octanol–water partition coefficient (Wildman–Crippen LogP) is 3.58. The van der Waals surface area contributed by atoms with Gasteiger partial charge in [-0.25, -0.2) is 4.39 Å². The largest absolute Gasteiger partial charge is 0.469 e. The van der Waals surface area contributed by atoms with Crippen molar-refractivity contribution in [3.8, 4) is 0 Å². The van der Waals surface area contributed by atoms with Crippen molar-refractivity contribution in [1.82, 2.24) is 0 Å². The van der Waals surface area contributed by atoms with E-state index in [0.29, 0.717) is 12.2 Å². The first-order chi connectivity index (χ1) is 11.0. The second-order valence-electron chi connectivity index (χ2n) is 4.82. The van der Waals surface area contributed by atoms with Gasteiger partial charge in [-0.3, -0.25) is 9.59 Å². The van der Waals surface area contributed by atoms with Crippen molar-refractivity contribution in [2.24, 2.45) is 0 Å². The minimum atomic E-state index is -1.05. The van der Waals surface area contributed by atoms with Crippen molar-refractivity contribution in [3.05, 3.63) is 53.2 Å². The molecule has 2 rings (SSSR count). The number of nitrogens with one attached hydrogen (secondary N) is 1. The van der Waals surface area contributed by atoms with Crippen LogP contribution in [0.15, 0.2) is 41.0 Å². The minimum Gasteiger partial charge on any atom is -0.469 e. The fourth-order valence-electron chi connectivity index (χ4n) is 1.81. The summed E-state index contributed by atoms with van der Waals surface area (Å²) >= 11 is 5.63. The Morgan fingerprint density at radius 2 is 2.17 bits per heavy atom. The summed E-state index contributed by atoms with van der Waals surface area (Å²) in [5.41, 5.74) is -0.0297. The molecule has 1 aromatic heterocycles.